The molecule has 0 bridgehead atoms. The molecule has 72 valence electrons. The van der Waals surface area contributed by atoms with E-state index in [0.29, 0.717) is 5.69 Å². The summed E-state index contributed by atoms with van der Waals surface area (Å²) in [6.45, 7) is 1.78. The highest BCUT2D eigenvalue weighted by Crippen LogP contribution is 2.08. The van der Waals surface area contributed by atoms with Crippen LogP contribution in [0.5, 0.6) is 0 Å². The third-order valence-corrected chi connectivity index (χ3v) is 2.09. The molecule has 0 fully saturated rings. The van der Waals surface area contributed by atoms with Crippen molar-refractivity contribution in [2.24, 2.45) is 0 Å². The van der Waals surface area contributed by atoms with Crippen LogP contribution in [-0.4, -0.2) is 15.9 Å². The predicted molar refractivity (Wildman–Crippen MR) is 51.3 cm³/mol. The number of aromatic nitrogens is 2. The highest BCUT2D eigenvalue weighted by atomic mass is 32.1. The number of nitrogens with one attached hydrogen (secondary N) is 1. The molecule has 0 saturated heterocycles. The first-order valence-electron chi connectivity index (χ1n) is 3.87. The molecule has 1 N–H and O–H groups in total. The van der Waals surface area contributed by atoms with Gasteiger partial charge in [-0.3, -0.25) is 10.1 Å². The number of hydrogen-bond acceptors (Lipinski definition) is 5. The van der Waals surface area contributed by atoms with E-state index in [2.05, 4.69) is 15.3 Å². The van der Waals surface area contributed by atoms with E-state index in [1.54, 1.807) is 17.8 Å². The van der Waals surface area contributed by atoms with Crippen molar-refractivity contribution in [3.63, 3.8) is 0 Å². The average molecular weight is 209 g/mol. The molecule has 0 saturated carbocycles. The Kier molecular flexibility index (Phi) is 2.28. The Morgan fingerprint density at radius 1 is 1.64 bits per heavy atom. The molecule has 0 aliphatic carbocycles. The maximum Gasteiger partial charge on any atom is 0.301 e. The Morgan fingerprint density at radius 3 is 3.07 bits per heavy atom. The number of carbonyl (C=O) groups is 1. The monoisotopic (exact) mass is 209 g/mol. The zero-order valence-electron chi connectivity index (χ0n) is 7.35. The van der Waals surface area contributed by atoms with Crippen molar-refractivity contribution in [3.05, 3.63) is 28.5 Å². The Labute approximate surface area is 83.8 Å². The van der Waals surface area contributed by atoms with Gasteiger partial charge in [-0.1, -0.05) is 0 Å². The van der Waals surface area contributed by atoms with Crippen LogP contribution in [0, 0.1) is 6.92 Å². The number of amides is 1. The summed E-state index contributed by atoms with van der Waals surface area (Å²) in [5.41, 5.74) is 2.68. The van der Waals surface area contributed by atoms with Crippen LogP contribution in [0.1, 0.15) is 16.2 Å². The van der Waals surface area contributed by atoms with Crippen LogP contribution in [0.15, 0.2) is 21.6 Å². The fourth-order valence-electron chi connectivity index (χ4n) is 0.897. The molecule has 0 spiro atoms. The summed E-state index contributed by atoms with van der Waals surface area (Å²) in [5, 5.41) is 4.15. The molecule has 6 heteroatoms. The van der Waals surface area contributed by atoms with E-state index in [4.69, 9.17) is 4.42 Å². The van der Waals surface area contributed by atoms with E-state index in [9.17, 15) is 4.79 Å². The molecular weight excluding hydrogens is 202 g/mol. The second kappa shape index (κ2) is 3.59. The topological polar surface area (TPSA) is 68.0 Å². The number of carbonyl (C=O) groups excluding carboxylic acids is 1. The van der Waals surface area contributed by atoms with E-state index in [-0.39, 0.29) is 11.9 Å². The van der Waals surface area contributed by atoms with Crippen LogP contribution in [0.25, 0.3) is 0 Å². The number of thiazole rings is 1. The molecule has 0 aliphatic heterocycles. The van der Waals surface area contributed by atoms with E-state index < -0.39 is 0 Å². The average Bonchev–Trinajstić information content (AvgIpc) is 2.75. The molecule has 14 heavy (non-hydrogen) atoms. The molecule has 0 aliphatic rings. The molecule has 2 heterocycles. The van der Waals surface area contributed by atoms with Crippen LogP contribution in [0.3, 0.4) is 0 Å². The lowest BCUT2D eigenvalue weighted by atomic mass is 10.5. The minimum atomic E-state index is -0.312. The van der Waals surface area contributed by atoms with E-state index in [0.717, 1.165) is 5.69 Å². The van der Waals surface area contributed by atoms with Crippen molar-refractivity contribution in [2.75, 3.05) is 5.32 Å². The Hall–Kier alpha value is -1.69. The van der Waals surface area contributed by atoms with Gasteiger partial charge in [-0.25, -0.2) is 4.98 Å². The first-order chi connectivity index (χ1) is 6.75. The lowest BCUT2D eigenvalue weighted by Crippen LogP contribution is -2.12. The fraction of sp³-hybridized carbons (Fsp3) is 0.125. The van der Waals surface area contributed by atoms with E-state index in [1.165, 1.54) is 17.6 Å². The van der Waals surface area contributed by atoms with Gasteiger partial charge in [-0.15, -0.1) is 11.3 Å². The van der Waals surface area contributed by atoms with E-state index in [1.807, 2.05) is 0 Å². The van der Waals surface area contributed by atoms with Gasteiger partial charge >= 0.3 is 6.01 Å². The van der Waals surface area contributed by atoms with Crippen molar-refractivity contribution >= 4 is 23.3 Å². The summed E-state index contributed by atoms with van der Waals surface area (Å²) in [4.78, 5) is 19.2. The summed E-state index contributed by atoms with van der Waals surface area (Å²) in [6.07, 6.45) is 1.47. The Bertz CT molecular complexity index is 435. The van der Waals surface area contributed by atoms with Gasteiger partial charge in [-0.2, -0.15) is 4.98 Å². The fourth-order valence-corrected chi connectivity index (χ4v) is 1.43. The van der Waals surface area contributed by atoms with Crippen molar-refractivity contribution in [3.8, 4) is 0 Å². The number of oxazole rings is 1. The number of aryl methyl sites for hydroxylation is 1. The standard InChI is InChI=1S/C8H7N3O2S/c1-5-2-13-8(10-5)11-7(12)6-3-14-4-9-6/h2-4H,1H3,(H,10,11,12). The summed E-state index contributed by atoms with van der Waals surface area (Å²) in [5.74, 6) is -0.312. The van der Waals surface area contributed by atoms with Crippen LogP contribution >= 0.6 is 11.3 Å². The summed E-state index contributed by atoms with van der Waals surface area (Å²) >= 11 is 1.36. The molecule has 5 nitrogen and oxygen atoms in total. The van der Waals surface area contributed by atoms with Gasteiger partial charge in [0.1, 0.15) is 12.0 Å². The van der Waals surface area contributed by atoms with Gasteiger partial charge in [0.25, 0.3) is 5.91 Å². The van der Waals surface area contributed by atoms with Gasteiger partial charge in [0.2, 0.25) is 0 Å². The molecule has 1 amide bonds. The maximum atomic E-state index is 11.4. The predicted octanol–water partition coefficient (Wildman–Crippen LogP) is 1.69. The summed E-state index contributed by atoms with van der Waals surface area (Å²) in [7, 11) is 0. The quantitative estimate of drug-likeness (QED) is 0.817. The normalized spacial score (nSPS) is 10.1. The molecule has 0 unspecified atom stereocenters. The third kappa shape index (κ3) is 1.80. The molecule has 2 rings (SSSR count). The SMILES string of the molecule is Cc1coc(NC(=O)c2cscn2)n1. The number of rotatable bonds is 2. The smallest absolute Gasteiger partial charge is 0.301 e. The zero-order valence-corrected chi connectivity index (χ0v) is 8.17. The highest BCUT2D eigenvalue weighted by molar-refractivity contribution is 7.07. The minimum Gasteiger partial charge on any atom is -0.432 e. The van der Waals surface area contributed by atoms with Gasteiger partial charge in [-0.05, 0) is 6.92 Å². The highest BCUT2D eigenvalue weighted by Gasteiger charge is 2.10. The summed E-state index contributed by atoms with van der Waals surface area (Å²) < 4.78 is 4.97. The molecule has 0 atom stereocenters. The van der Waals surface area contributed by atoms with Crippen LogP contribution in [-0.2, 0) is 0 Å². The molecule has 0 radical (unpaired) electrons. The molecule has 2 aromatic rings. The molecule has 2 aromatic heterocycles. The second-order valence-corrected chi connectivity index (χ2v) is 3.34. The van der Waals surface area contributed by atoms with Gasteiger partial charge in [0.15, 0.2) is 0 Å². The number of hydrogen-bond donors (Lipinski definition) is 1. The molecule has 0 aromatic carbocycles. The van der Waals surface area contributed by atoms with Crippen LogP contribution in [0.2, 0.25) is 0 Å². The van der Waals surface area contributed by atoms with E-state index >= 15 is 0 Å². The Balaban J connectivity index is 2.09. The Morgan fingerprint density at radius 2 is 2.50 bits per heavy atom. The number of nitrogens with zero attached hydrogens (tertiary/aromatic N) is 2. The molecular formula is C8H7N3O2S. The first-order valence-corrected chi connectivity index (χ1v) is 4.81. The van der Waals surface area contributed by atoms with Gasteiger partial charge in [0, 0.05) is 5.38 Å². The van der Waals surface area contributed by atoms with Crippen molar-refractivity contribution in [1.82, 2.24) is 9.97 Å². The lowest BCUT2D eigenvalue weighted by Gasteiger charge is -1.95. The van der Waals surface area contributed by atoms with Crippen LogP contribution < -0.4 is 5.32 Å². The van der Waals surface area contributed by atoms with Gasteiger partial charge < -0.3 is 4.42 Å². The summed E-state index contributed by atoms with van der Waals surface area (Å²) in [6, 6.07) is 0.195. The minimum absolute atomic E-state index is 0.195. The second-order valence-electron chi connectivity index (χ2n) is 2.62. The largest absolute Gasteiger partial charge is 0.432 e. The van der Waals surface area contributed by atoms with Crippen molar-refractivity contribution < 1.29 is 9.21 Å². The van der Waals surface area contributed by atoms with Gasteiger partial charge in [0.05, 0.1) is 11.2 Å². The first kappa shape index (κ1) is 8.89. The zero-order chi connectivity index (χ0) is 9.97. The lowest BCUT2D eigenvalue weighted by molar-refractivity contribution is 0.102. The maximum absolute atomic E-state index is 11.4. The van der Waals surface area contributed by atoms with Crippen molar-refractivity contribution in [1.29, 1.82) is 0 Å². The van der Waals surface area contributed by atoms with Crippen molar-refractivity contribution in [2.45, 2.75) is 6.92 Å². The van der Waals surface area contributed by atoms with Crippen LogP contribution in [0.4, 0.5) is 6.01 Å². The number of anilines is 1. The third-order valence-electron chi connectivity index (χ3n) is 1.50.